The Hall–Kier alpha value is -2.75. The van der Waals surface area contributed by atoms with Crippen LogP contribution in [0.2, 0.25) is 10.0 Å². The second-order valence-electron chi connectivity index (χ2n) is 6.57. The molecule has 2 aromatic carbocycles. The zero-order valence-electron chi connectivity index (χ0n) is 15.1. The molecule has 3 rings (SSSR count). The molecule has 1 aliphatic rings. The van der Waals surface area contributed by atoms with E-state index >= 15 is 0 Å². The van der Waals surface area contributed by atoms with E-state index in [0.717, 1.165) is 23.8 Å². The van der Waals surface area contributed by atoms with Crippen LogP contribution in [-0.4, -0.2) is 51.7 Å². The van der Waals surface area contributed by atoms with Gasteiger partial charge in [-0.05, 0) is 17.7 Å². The Labute approximate surface area is 175 Å². The van der Waals surface area contributed by atoms with E-state index in [2.05, 4.69) is 4.90 Å². The number of nitro benzene ring substituents is 2. The number of rotatable bonds is 5. The van der Waals surface area contributed by atoms with E-state index in [1.165, 1.54) is 4.90 Å². The Morgan fingerprint density at radius 3 is 2.00 bits per heavy atom. The summed E-state index contributed by atoms with van der Waals surface area (Å²) in [6.07, 6.45) is 0. The molecule has 0 atom stereocenters. The Morgan fingerprint density at radius 1 is 0.897 bits per heavy atom. The number of benzene rings is 2. The second-order valence-corrected chi connectivity index (χ2v) is 7.38. The molecule has 1 saturated heterocycles. The fourth-order valence-corrected chi connectivity index (χ4v) is 3.44. The highest BCUT2D eigenvalue weighted by molar-refractivity contribution is 6.42. The first-order valence-electron chi connectivity index (χ1n) is 8.64. The van der Waals surface area contributed by atoms with Crippen molar-refractivity contribution in [2.24, 2.45) is 0 Å². The third-order valence-electron chi connectivity index (χ3n) is 4.62. The number of carbonyl (C=O) groups is 1. The summed E-state index contributed by atoms with van der Waals surface area (Å²) in [6, 6.07) is 8.38. The lowest BCUT2D eigenvalue weighted by Crippen LogP contribution is -2.48. The van der Waals surface area contributed by atoms with Crippen LogP contribution in [0, 0.1) is 20.2 Å². The molecular weight excluding hydrogens is 423 g/mol. The minimum Gasteiger partial charge on any atom is -0.336 e. The number of amides is 1. The molecular formula is C18H16Cl2N4O5. The highest BCUT2D eigenvalue weighted by atomic mass is 35.5. The van der Waals surface area contributed by atoms with Crippen molar-refractivity contribution in [1.82, 2.24) is 9.80 Å². The number of carbonyl (C=O) groups excluding carboxylic acids is 1. The first-order chi connectivity index (χ1) is 13.7. The molecule has 0 bridgehead atoms. The van der Waals surface area contributed by atoms with Gasteiger partial charge in [-0.2, -0.15) is 0 Å². The average Bonchev–Trinajstić information content (AvgIpc) is 2.70. The van der Waals surface area contributed by atoms with Crippen LogP contribution in [0.3, 0.4) is 0 Å². The average molecular weight is 439 g/mol. The molecule has 0 N–H and O–H groups in total. The van der Waals surface area contributed by atoms with Gasteiger partial charge in [-0.3, -0.25) is 29.9 Å². The number of halogens is 2. The summed E-state index contributed by atoms with van der Waals surface area (Å²) in [6.45, 7) is 2.61. The quantitative estimate of drug-likeness (QED) is 0.518. The number of nitrogens with zero attached hydrogens (tertiary/aromatic N) is 4. The van der Waals surface area contributed by atoms with Crippen molar-refractivity contribution in [3.63, 3.8) is 0 Å². The standard InChI is InChI=1S/C18H16Cl2N4O5/c19-16-2-1-12(7-17(16)20)11-21-3-5-22(6-4-21)18(25)13-8-14(23(26)27)10-15(9-13)24(28)29/h1-2,7-10H,3-6,11H2. The predicted octanol–water partition coefficient (Wildman–Crippen LogP) is 3.77. The van der Waals surface area contributed by atoms with Crippen LogP contribution in [0.4, 0.5) is 11.4 Å². The molecule has 1 aliphatic heterocycles. The van der Waals surface area contributed by atoms with Crippen LogP contribution in [0.1, 0.15) is 15.9 Å². The molecule has 11 heteroatoms. The van der Waals surface area contributed by atoms with Crippen molar-refractivity contribution in [3.8, 4) is 0 Å². The molecule has 0 aliphatic carbocycles. The molecule has 0 radical (unpaired) electrons. The molecule has 1 heterocycles. The van der Waals surface area contributed by atoms with Crippen LogP contribution in [0.5, 0.6) is 0 Å². The molecule has 2 aromatic rings. The van der Waals surface area contributed by atoms with Gasteiger partial charge in [-0.1, -0.05) is 29.3 Å². The highest BCUT2D eigenvalue weighted by Crippen LogP contribution is 2.25. The van der Waals surface area contributed by atoms with E-state index < -0.39 is 27.1 Å². The zero-order chi connectivity index (χ0) is 21.1. The number of hydrogen-bond donors (Lipinski definition) is 0. The molecule has 0 saturated carbocycles. The van der Waals surface area contributed by atoms with Crippen molar-refractivity contribution >= 4 is 40.5 Å². The Morgan fingerprint density at radius 2 is 1.48 bits per heavy atom. The minimum atomic E-state index is -0.751. The van der Waals surface area contributed by atoms with Crippen LogP contribution >= 0.6 is 23.2 Å². The molecule has 0 spiro atoms. The van der Waals surface area contributed by atoms with Gasteiger partial charge in [0.05, 0.1) is 31.5 Å². The SMILES string of the molecule is O=C(c1cc([N+](=O)[O-])cc([N+](=O)[O-])c1)N1CCN(Cc2ccc(Cl)c(Cl)c2)CC1. The molecule has 152 valence electrons. The lowest BCUT2D eigenvalue weighted by atomic mass is 10.1. The molecule has 9 nitrogen and oxygen atoms in total. The van der Waals surface area contributed by atoms with Gasteiger partial charge in [0.1, 0.15) is 0 Å². The van der Waals surface area contributed by atoms with Crippen molar-refractivity contribution in [2.75, 3.05) is 26.2 Å². The van der Waals surface area contributed by atoms with E-state index in [4.69, 9.17) is 23.2 Å². The van der Waals surface area contributed by atoms with Gasteiger partial charge in [0, 0.05) is 44.9 Å². The third kappa shape index (κ3) is 5.00. The Kier molecular flexibility index (Phi) is 6.31. The molecule has 29 heavy (non-hydrogen) atoms. The van der Waals surface area contributed by atoms with Crippen molar-refractivity contribution < 1.29 is 14.6 Å². The summed E-state index contributed by atoms with van der Waals surface area (Å²) in [5, 5.41) is 23.0. The number of hydrogen-bond acceptors (Lipinski definition) is 6. The summed E-state index contributed by atoms with van der Waals surface area (Å²) in [5.74, 6) is -0.467. The molecule has 1 amide bonds. The van der Waals surface area contributed by atoms with Crippen LogP contribution in [0.25, 0.3) is 0 Å². The van der Waals surface area contributed by atoms with Crippen molar-refractivity contribution in [3.05, 3.63) is 77.8 Å². The van der Waals surface area contributed by atoms with Gasteiger partial charge in [0.15, 0.2) is 0 Å². The lowest BCUT2D eigenvalue weighted by molar-refractivity contribution is -0.394. The topological polar surface area (TPSA) is 110 Å². The van der Waals surface area contributed by atoms with E-state index in [-0.39, 0.29) is 5.56 Å². The highest BCUT2D eigenvalue weighted by Gasteiger charge is 2.26. The summed E-state index contributed by atoms with van der Waals surface area (Å²) >= 11 is 12.0. The largest absolute Gasteiger partial charge is 0.336 e. The fourth-order valence-electron chi connectivity index (χ4n) is 3.12. The third-order valence-corrected chi connectivity index (χ3v) is 5.36. The first kappa shape index (κ1) is 21.0. The smallest absolute Gasteiger partial charge is 0.277 e. The van der Waals surface area contributed by atoms with E-state index in [1.807, 2.05) is 6.07 Å². The molecule has 0 unspecified atom stereocenters. The second kappa shape index (κ2) is 8.73. The van der Waals surface area contributed by atoms with E-state index in [9.17, 15) is 25.0 Å². The van der Waals surface area contributed by atoms with Gasteiger partial charge >= 0.3 is 0 Å². The van der Waals surface area contributed by atoms with Crippen LogP contribution in [-0.2, 0) is 6.54 Å². The summed E-state index contributed by atoms with van der Waals surface area (Å²) in [7, 11) is 0. The van der Waals surface area contributed by atoms with Gasteiger partial charge in [-0.15, -0.1) is 0 Å². The maximum Gasteiger partial charge on any atom is 0.277 e. The van der Waals surface area contributed by atoms with Crippen molar-refractivity contribution in [2.45, 2.75) is 6.54 Å². The Bertz CT molecular complexity index is 944. The number of nitro groups is 2. The van der Waals surface area contributed by atoms with E-state index in [1.54, 1.807) is 12.1 Å². The summed E-state index contributed by atoms with van der Waals surface area (Å²) in [5.41, 5.74) is -0.0427. The summed E-state index contributed by atoms with van der Waals surface area (Å²) < 4.78 is 0. The fraction of sp³-hybridized carbons (Fsp3) is 0.278. The lowest BCUT2D eigenvalue weighted by Gasteiger charge is -2.34. The molecule has 1 fully saturated rings. The maximum absolute atomic E-state index is 12.7. The first-order valence-corrected chi connectivity index (χ1v) is 9.39. The predicted molar refractivity (Wildman–Crippen MR) is 107 cm³/mol. The van der Waals surface area contributed by atoms with E-state index in [0.29, 0.717) is 42.8 Å². The normalized spacial score (nSPS) is 14.6. The van der Waals surface area contributed by atoms with Gasteiger partial charge in [0.25, 0.3) is 17.3 Å². The van der Waals surface area contributed by atoms with Gasteiger partial charge in [-0.25, -0.2) is 0 Å². The maximum atomic E-state index is 12.7. The van der Waals surface area contributed by atoms with Crippen molar-refractivity contribution in [1.29, 1.82) is 0 Å². The van der Waals surface area contributed by atoms with Gasteiger partial charge in [0.2, 0.25) is 0 Å². The zero-order valence-corrected chi connectivity index (χ0v) is 16.6. The molecule has 0 aromatic heterocycles. The summed E-state index contributed by atoms with van der Waals surface area (Å²) in [4.78, 5) is 36.9. The number of piperazine rings is 1. The minimum absolute atomic E-state index is 0.0659. The van der Waals surface area contributed by atoms with Crippen LogP contribution < -0.4 is 0 Å². The number of non-ortho nitro benzene ring substituents is 2. The Balaban J connectivity index is 1.67. The monoisotopic (exact) mass is 438 g/mol. The van der Waals surface area contributed by atoms with Gasteiger partial charge < -0.3 is 4.90 Å². The van der Waals surface area contributed by atoms with Crippen LogP contribution in [0.15, 0.2) is 36.4 Å².